The van der Waals surface area contributed by atoms with Gasteiger partial charge in [-0.05, 0) is 48.2 Å². The van der Waals surface area contributed by atoms with E-state index in [0.717, 1.165) is 5.56 Å². The van der Waals surface area contributed by atoms with E-state index in [9.17, 15) is 31.4 Å². The van der Waals surface area contributed by atoms with Crippen molar-refractivity contribution >= 4 is 0 Å². The summed E-state index contributed by atoms with van der Waals surface area (Å²) in [6, 6.07) is 19.5. The first-order valence-electron chi connectivity index (χ1n) is 11.3. The van der Waals surface area contributed by atoms with Gasteiger partial charge in [-0.2, -0.15) is 26.3 Å². The molecule has 3 aromatic rings. The van der Waals surface area contributed by atoms with Crippen molar-refractivity contribution in [2.24, 2.45) is 0 Å². The summed E-state index contributed by atoms with van der Waals surface area (Å²) in [4.78, 5) is 0. The molecule has 192 valence electrons. The second-order valence-electron chi connectivity index (χ2n) is 8.91. The van der Waals surface area contributed by atoms with Crippen LogP contribution in [0.2, 0.25) is 0 Å². The summed E-state index contributed by atoms with van der Waals surface area (Å²) in [7, 11) is 0. The molecule has 9 heteroatoms. The van der Waals surface area contributed by atoms with Crippen LogP contribution in [-0.4, -0.2) is 18.0 Å². The van der Waals surface area contributed by atoms with E-state index >= 15 is 0 Å². The van der Waals surface area contributed by atoms with Crippen LogP contribution < -0.4 is 0 Å². The normalized spacial score (nSPS) is 23.6. The van der Waals surface area contributed by atoms with Crippen LogP contribution in [0.3, 0.4) is 0 Å². The van der Waals surface area contributed by atoms with E-state index in [1.807, 2.05) is 30.3 Å². The lowest BCUT2D eigenvalue weighted by molar-refractivity contribution is -0.143. The van der Waals surface area contributed by atoms with Crippen molar-refractivity contribution < 1.29 is 40.9 Å². The lowest BCUT2D eigenvalue weighted by Gasteiger charge is -2.33. The zero-order valence-corrected chi connectivity index (χ0v) is 19.2. The SMILES string of the molecule is CC(OCC1(c2ccccc2)CC(c2ccccc2)OC1O)c1cc(C(F)(F)F)cc(C(F)(F)F)c1. The van der Waals surface area contributed by atoms with Crippen molar-refractivity contribution in [1.82, 2.24) is 0 Å². The standard InChI is InChI=1S/C27H24F6O3/c1-17(19-12-21(26(28,29)30)14-22(13-19)27(31,32)33)35-16-25(20-10-6-3-7-11-20)15-23(36-24(25)34)18-8-4-2-5-9-18/h2-14,17,23-24,34H,15-16H2,1H3. The van der Waals surface area contributed by atoms with Crippen LogP contribution >= 0.6 is 0 Å². The third kappa shape index (κ3) is 5.43. The van der Waals surface area contributed by atoms with E-state index in [1.54, 1.807) is 30.3 Å². The Labute approximate surface area is 204 Å². The van der Waals surface area contributed by atoms with Gasteiger partial charge in [0.1, 0.15) is 0 Å². The number of hydrogen-bond acceptors (Lipinski definition) is 3. The molecule has 0 saturated carbocycles. The minimum atomic E-state index is -4.96. The molecular weight excluding hydrogens is 486 g/mol. The summed E-state index contributed by atoms with van der Waals surface area (Å²) >= 11 is 0. The molecule has 1 N–H and O–H groups in total. The Balaban J connectivity index is 1.64. The van der Waals surface area contributed by atoms with Crippen LogP contribution in [-0.2, 0) is 27.2 Å². The molecule has 0 spiro atoms. The maximum absolute atomic E-state index is 13.3. The summed E-state index contributed by atoms with van der Waals surface area (Å²) < 4.78 is 91.6. The molecule has 3 nitrogen and oxygen atoms in total. The van der Waals surface area contributed by atoms with E-state index in [4.69, 9.17) is 9.47 Å². The van der Waals surface area contributed by atoms with Crippen molar-refractivity contribution in [3.8, 4) is 0 Å². The first-order chi connectivity index (χ1) is 16.9. The first-order valence-corrected chi connectivity index (χ1v) is 11.3. The van der Waals surface area contributed by atoms with Gasteiger partial charge in [-0.3, -0.25) is 0 Å². The first kappa shape index (κ1) is 26.2. The molecule has 36 heavy (non-hydrogen) atoms. The van der Waals surface area contributed by atoms with Gasteiger partial charge in [0.05, 0.1) is 35.4 Å². The third-order valence-electron chi connectivity index (χ3n) is 6.51. The Kier molecular flexibility index (Phi) is 7.19. The maximum Gasteiger partial charge on any atom is 0.416 e. The Bertz CT molecular complexity index is 1130. The predicted octanol–water partition coefficient (Wildman–Crippen LogP) is 7.22. The fraction of sp³-hybridized carbons (Fsp3) is 0.333. The van der Waals surface area contributed by atoms with Crippen LogP contribution in [0.15, 0.2) is 78.9 Å². The largest absolute Gasteiger partial charge is 0.416 e. The minimum Gasteiger partial charge on any atom is -0.373 e. The van der Waals surface area contributed by atoms with E-state index in [2.05, 4.69) is 0 Å². The molecule has 4 atom stereocenters. The Morgan fingerprint density at radius 3 is 1.94 bits per heavy atom. The second kappa shape index (κ2) is 9.88. The van der Waals surface area contributed by atoms with Crippen molar-refractivity contribution in [3.05, 3.63) is 107 Å². The van der Waals surface area contributed by atoms with Gasteiger partial charge in [-0.25, -0.2) is 0 Å². The van der Waals surface area contributed by atoms with Gasteiger partial charge in [0, 0.05) is 0 Å². The highest BCUT2D eigenvalue weighted by molar-refractivity contribution is 5.35. The molecule has 4 unspecified atom stereocenters. The summed E-state index contributed by atoms with van der Waals surface area (Å²) in [6.07, 6.45) is -12.5. The highest BCUT2D eigenvalue weighted by Gasteiger charge is 2.50. The summed E-state index contributed by atoms with van der Waals surface area (Å²) in [5, 5.41) is 11.0. The molecule has 1 fully saturated rings. The third-order valence-corrected chi connectivity index (χ3v) is 6.51. The number of ether oxygens (including phenoxy) is 2. The minimum absolute atomic E-state index is 0.0840. The molecule has 3 aromatic carbocycles. The Morgan fingerprint density at radius 2 is 1.42 bits per heavy atom. The van der Waals surface area contributed by atoms with Crippen molar-refractivity contribution in [2.45, 2.75) is 49.6 Å². The number of hydrogen-bond donors (Lipinski definition) is 1. The van der Waals surface area contributed by atoms with Crippen LogP contribution in [0, 0.1) is 0 Å². The van der Waals surface area contributed by atoms with Crippen molar-refractivity contribution in [2.75, 3.05) is 6.61 Å². The molecule has 0 aliphatic carbocycles. The van der Waals surface area contributed by atoms with Gasteiger partial charge in [0.25, 0.3) is 0 Å². The van der Waals surface area contributed by atoms with Gasteiger partial charge in [0.15, 0.2) is 6.29 Å². The van der Waals surface area contributed by atoms with Crippen LogP contribution in [0.25, 0.3) is 0 Å². The average molecular weight is 510 g/mol. The number of aliphatic hydroxyl groups is 1. The van der Waals surface area contributed by atoms with E-state index in [1.165, 1.54) is 6.92 Å². The number of aliphatic hydroxyl groups excluding tert-OH is 1. The van der Waals surface area contributed by atoms with Crippen LogP contribution in [0.4, 0.5) is 26.3 Å². The number of halogens is 6. The van der Waals surface area contributed by atoms with Gasteiger partial charge >= 0.3 is 12.4 Å². The molecule has 1 heterocycles. The molecule has 4 rings (SSSR count). The predicted molar refractivity (Wildman–Crippen MR) is 120 cm³/mol. The van der Waals surface area contributed by atoms with Crippen molar-refractivity contribution in [1.29, 1.82) is 0 Å². The Hall–Kier alpha value is -2.88. The van der Waals surface area contributed by atoms with Gasteiger partial charge in [-0.15, -0.1) is 0 Å². The quantitative estimate of drug-likeness (QED) is 0.356. The lowest BCUT2D eigenvalue weighted by atomic mass is 9.77. The summed E-state index contributed by atoms with van der Waals surface area (Å²) in [5.41, 5.74) is -2.67. The van der Waals surface area contributed by atoms with Crippen LogP contribution in [0.5, 0.6) is 0 Å². The zero-order chi connectivity index (χ0) is 26.1. The monoisotopic (exact) mass is 510 g/mol. The lowest BCUT2D eigenvalue weighted by Crippen LogP contribution is -2.40. The van der Waals surface area contributed by atoms with Gasteiger partial charge < -0.3 is 14.6 Å². The molecule has 0 aromatic heterocycles. The molecule has 1 aliphatic heterocycles. The van der Waals surface area contributed by atoms with Crippen LogP contribution in [0.1, 0.15) is 53.4 Å². The van der Waals surface area contributed by atoms with Gasteiger partial charge in [0.2, 0.25) is 0 Å². The maximum atomic E-state index is 13.3. The topological polar surface area (TPSA) is 38.7 Å². The molecule has 1 saturated heterocycles. The van der Waals surface area contributed by atoms with Crippen molar-refractivity contribution in [3.63, 3.8) is 0 Å². The van der Waals surface area contributed by atoms with E-state index < -0.39 is 47.4 Å². The van der Waals surface area contributed by atoms with E-state index in [-0.39, 0.29) is 18.2 Å². The molecule has 0 radical (unpaired) electrons. The number of benzene rings is 3. The highest BCUT2D eigenvalue weighted by atomic mass is 19.4. The molecule has 0 amide bonds. The average Bonchev–Trinajstić information content (AvgIpc) is 3.19. The molecule has 0 bridgehead atoms. The molecule has 1 aliphatic rings. The highest BCUT2D eigenvalue weighted by Crippen LogP contribution is 2.47. The second-order valence-corrected chi connectivity index (χ2v) is 8.91. The van der Waals surface area contributed by atoms with E-state index in [0.29, 0.717) is 24.1 Å². The van der Waals surface area contributed by atoms with Gasteiger partial charge in [-0.1, -0.05) is 60.7 Å². The zero-order valence-electron chi connectivity index (χ0n) is 19.2. The fourth-order valence-corrected chi connectivity index (χ4v) is 4.46. The Morgan fingerprint density at radius 1 is 0.889 bits per heavy atom. The molecular formula is C27H24F6O3. The fourth-order valence-electron chi connectivity index (χ4n) is 4.46. The number of rotatable bonds is 6. The summed E-state index contributed by atoms with van der Waals surface area (Å²) in [5.74, 6) is 0. The summed E-state index contributed by atoms with van der Waals surface area (Å²) in [6.45, 7) is 1.19. The smallest absolute Gasteiger partial charge is 0.373 e. The number of alkyl halides is 6.